The molecule has 2 heterocycles. The van der Waals surface area contributed by atoms with E-state index in [1.54, 1.807) is 7.05 Å². The van der Waals surface area contributed by atoms with Crippen LogP contribution in [0.4, 0.5) is 0 Å². The van der Waals surface area contributed by atoms with Crippen molar-refractivity contribution in [1.29, 1.82) is 0 Å². The summed E-state index contributed by atoms with van der Waals surface area (Å²) in [5.74, 6) is 1.43. The molecule has 1 amide bonds. The molecule has 1 aromatic carbocycles. The van der Waals surface area contributed by atoms with Crippen molar-refractivity contribution >= 4 is 5.91 Å². The van der Waals surface area contributed by atoms with Gasteiger partial charge in [0.25, 0.3) is 0 Å². The Kier molecular flexibility index (Phi) is 4.71. The van der Waals surface area contributed by atoms with Crippen molar-refractivity contribution in [2.75, 3.05) is 20.1 Å². The SMILES string of the molecule is CNC(=O)C1CCN([C@H](C)c2nnc(-c3ccccc3)o2)CC1. The topological polar surface area (TPSA) is 71.3 Å². The number of hydrogen-bond acceptors (Lipinski definition) is 5. The number of amides is 1. The average Bonchev–Trinajstić information content (AvgIpc) is 3.11. The molecule has 6 heteroatoms. The van der Waals surface area contributed by atoms with Crippen molar-refractivity contribution in [2.24, 2.45) is 5.92 Å². The van der Waals surface area contributed by atoms with Crippen LogP contribution in [0.1, 0.15) is 31.7 Å². The standard InChI is InChI=1S/C17H22N4O2/c1-12(21-10-8-13(9-11-21)15(22)18-2)16-19-20-17(23-16)14-6-4-3-5-7-14/h3-7,12-13H,8-11H2,1-2H3,(H,18,22)/t12-/m1/s1. The summed E-state index contributed by atoms with van der Waals surface area (Å²) >= 11 is 0. The fraction of sp³-hybridized carbons (Fsp3) is 0.471. The quantitative estimate of drug-likeness (QED) is 0.937. The van der Waals surface area contributed by atoms with E-state index in [0.29, 0.717) is 11.8 Å². The van der Waals surface area contributed by atoms with Crippen LogP contribution >= 0.6 is 0 Å². The molecule has 1 aromatic heterocycles. The number of carbonyl (C=O) groups excluding carboxylic acids is 1. The predicted octanol–water partition coefficient (Wildman–Crippen LogP) is 2.26. The van der Waals surface area contributed by atoms with Crippen LogP contribution in [-0.4, -0.2) is 41.1 Å². The molecule has 1 fully saturated rings. The number of likely N-dealkylation sites (tertiary alicyclic amines) is 1. The Morgan fingerprint density at radius 1 is 1.26 bits per heavy atom. The van der Waals surface area contributed by atoms with Gasteiger partial charge in [-0.3, -0.25) is 9.69 Å². The van der Waals surface area contributed by atoms with Crippen molar-refractivity contribution < 1.29 is 9.21 Å². The summed E-state index contributed by atoms with van der Waals surface area (Å²) in [4.78, 5) is 14.0. The summed E-state index contributed by atoms with van der Waals surface area (Å²) in [6.07, 6.45) is 1.73. The van der Waals surface area contributed by atoms with Gasteiger partial charge in [-0.2, -0.15) is 0 Å². The van der Waals surface area contributed by atoms with Gasteiger partial charge in [-0.05, 0) is 45.0 Å². The van der Waals surface area contributed by atoms with Gasteiger partial charge in [-0.25, -0.2) is 0 Å². The Balaban J connectivity index is 1.64. The molecule has 3 rings (SSSR count). The summed E-state index contributed by atoms with van der Waals surface area (Å²) in [5.41, 5.74) is 0.928. The predicted molar refractivity (Wildman–Crippen MR) is 86.5 cm³/mol. The van der Waals surface area contributed by atoms with E-state index in [2.05, 4.69) is 27.3 Å². The molecule has 0 aliphatic carbocycles. The number of piperidine rings is 1. The van der Waals surface area contributed by atoms with Gasteiger partial charge in [0.2, 0.25) is 17.7 Å². The van der Waals surface area contributed by atoms with Crippen LogP contribution in [0.15, 0.2) is 34.7 Å². The molecule has 1 aliphatic heterocycles. The maximum absolute atomic E-state index is 11.7. The zero-order valence-electron chi connectivity index (χ0n) is 13.5. The fourth-order valence-corrected chi connectivity index (χ4v) is 3.01. The number of rotatable bonds is 4. The van der Waals surface area contributed by atoms with Crippen LogP contribution < -0.4 is 5.32 Å². The Labute approximate surface area is 135 Å². The Hall–Kier alpha value is -2.21. The minimum Gasteiger partial charge on any atom is -0.419 e. The van der Waals surface area contributed by atoms with Gasteiger partial charge in [0.05, 0.1) is 6.04 Å². The molecule has 1 aliphatic rings. The summed E-state index contributed by atoms with van der Waals surface area (Å²) in [6.45, 7) is 3.80. The smallest absolute Gasteiger partial charge is 0.247 e. The minimum absolute atomic E-state index is 0.0607. The molecule has 6 nitrogen and oxygen atoms in total. The lowest BCUT2D eigenvalue weighted by molar-refractivity contribution is -0.126. The number of nitrogens with one attached hydrogen (secondary N) is 1. The van der Waals surface area contributed by atoms with E-state index in [-0.39, 0.29) is 17.9 Å². The number of carbonyl (C=O) groups is 1. The van der Waals surface area contributed by atoms with E-state index < -0.39 is 0 Å². The highest BCUT2D eigenvalue weighted by Crippen LogP contribution is 2.27. The second-order valence-electron chi connectivity index (χ2n) is 5.91. The van der Waals surface area contributed by atoms with Crippen LogP contribution in [0.2, 0.25) is 0 Å². The van der Waals surface area contributed by atoms with Crippen LogP contribution in [0.3, 0.4) is 0 Å². The van der Waals surface area contributed by atoms with Gasteiger partial charge >= 0.3 is 0 Å². The molecule has 23 heavy (non-hydrogen) atoms. The average molecular weight is 314 g/mol. The zero-order chi connectivity index (χ0) is 16.2. The van der Waals surface area contributed by atoms with Crippen molar-refractivity contribution in [2.45, 2.75) is 25.8 Å². The zero-order valence-corrected chi connectivity index (χ0v) is 13.5. The Bertz CT molecular complexity index is 648. The number of nitrogens with zero attached hydrogens (tertiary/aromatic N) is 3. The molecule has 0 bridgehead atoms. The molecule has 0 saturated carbocycles. The number of hydrogen-bond donors (Lipinski definition) is 1. The number of aromatic nitrogens is 2. The Morgan fingerprint density at radius 2 is 1.96 bits per heavy atom. The third-order valence-corrected chi connectivity index (χ3v) is 4.51. The third kappa shape index (κ3) is 3.42. The first kappa shape index (κ1) is 15.7. The summed E-state index contributed by atoms with van der Waals surface area (Å²) in [6, 6.07) is 9.83. The normalized spacial score (nSPS) is 17.8. The summed E-state index contributed by atoms with van der Waals surface area (Å²) < 4.78 is 5.84. The van der Waals surface area contributed by atoms with Crippen LogP contribution in [0, 0.1) is 5.92 Å². The van der Waals surface area contributed by atoms with Crippen molar-refractivity contribution in [3.8, 4) is 11.5 Å². The monoisotopic (exact) mass is 314 g/mol. The van der Waals surface area contributed by atoms with E-state index in [1.165, 1.54) is 0 Å². The maximum atomic E-state index is 11.7. The van der Waals surface area contributed by atoms with Crippen molar-refractivity contribution in [3.63, 3.8) is 0 Å². The lowest BCUT2D eigenvalue weighted by Crippen LogP contribution is -2.40. The number of benzene rings is 1. The van der Waals surface area contributed by atoms with Crippen LogP contribution in [0.25, 0.3) is 11.5 Å². The molecule has 0 spiro atoms. The van der Waals surface area contributed by atoms with Gasteiger partial charge in [0.1, 0.15) is 0 Å². The van der Waals surface area contributed by atoms with Gasteiger partial charge in [0, 0.05) is 18.5 Å². The lowest BCUT2D eigenvalue weighted by Gasteiger charge is -2.33. The van der Waals surface area contributed by atoms with Crippen molar-refractivity contribution in [1.82, 2.24) is 20.4 Å². The highest BCUT2D eigenvalue weighted by atomic mass is 16.4. The second kappa shape index (κ2) is 6.91. The van der Waals surface area contributed by atoms with Crippen molar-refractivity contribution in [3.05, 3.63) is 36.2 Å². The van der Waals surface area contributed by atoms with E-state index in [9.17, 15) is 4.79 Å². The van der Waals surface area contributed by atoms with Gasteiger partial charge in [-0.15, -0.1) is 10.2 Å². The summed E-state index contributed by atoms with van der Waals surface area (Å²) in [5, 5.41) is 11.1. The van der Waals surface area contributed by atoms with Gasteiger partial charge < -0.3 is 9.73 Å². The Morgan fingerprint density at radius 3 is 2.61 bits per heavy atom. The molecule has 1 N–H and O–H groups in total. The molecule has 1 saturated heterocycles. The van der Waals surface area contributed by atoms with Crippen LogP contribution in [0.5, 0.6) is 0 Å². The fourth-order valence-electron chi connectivity index (χ4n) is 3.01. The highest BCUT2D eigenvalue weighted by Gasteiger charge is 2.29. The first-order valence-corrected chi connectivity index (χ1v) is 8.03. The first-order chi connectivity index (χ1) is 11.2. The molecule has 122 valence electrons. The van der Waals surface area contributed by atoms with Gasteiger partial charge in [-0.1, -0.05) is 18.2 Å². The summed E-state index contributed by atoms with van der Waals surface area (Å²) in [7, 11) is 1.70. The maximum Gasteiger partial charge on any atom is 0.247 e. The third-order valence-electron chi connectivity index (χ3n) is 4.51. The lowest BCUT2D eigenvalue weighted by atomic mass is 9.95. The molecular formula is C17H22N4O2. The van der Waals surface area contributed by atoms with E-state index in [1.807, 2.05) is 30.3 Å². The van der Waals surface area contributed by atoms with Gasteiger partial charge in [0.15, 0.2) is 0 Å². The van der Waals surface area contributed by atoms with E-state index in [0.717, 1.165) is 31.5 Å². The first-order valence-electron chi connectivity index (χ1n) is 8.03. The highest BCUT2D eigenvalue weighted by molar-refractivity contribution is 5.78. The molecule has 0 unspecified atom stereocenters. The second-order valence-corrected chi connectivity index (χ2v) is 5.91. The van der Waals surface area contributed by atoms with E-state index in [4.69, 9.17) is 4.42 Å². The largest absolute Gasteiger partial charge is 0.419 e. The molecular weight excluding hydrogens is 292 g/mol. The molecule has 2 aromatic rings. The van der Waals surface area contributed by atoms with E-state index >= 15 is 0 Å². The molecule has 1 atom stereocenters. The molecule has 0 radical (unpaired) electrons. The minimum atomic E-state index is 0.0607. The van der Waals surface area contributed by atoms with Crippen LogP contribution in [-0.2, 0) is 4.79 Å².